The van der Waals surface area contributed by atoms with Crippen LogP contribution in [0.4, 0.5) is 17.6 Å². The molecule has 0 aromatic heterocycles. The maximum absolute atomic E-state index is 13.3. The first-order valence-electron chi connectivity index (χ1n) is 5.54. The highest BCUT2D eigenvalue weighted by Crippen LogP contribution is 2.19. The predicted molar refractivity (Wildman–Crippen MR) is 62.7 cm³/mol. The first-order valence-corrected chi connectivity index (χ1v) is 5.54. The highest BCUT2D eigenvalue weighted by molar-refractivity contribution is 5.38. The molecule has 0 amide bonds. The van der Waals surface area contributed by atoms with E-state index in [2.05, 4.69) is 11.8 Å². The Hall–Kier alpha value is -1.58. The third-order valence-electron chi connectivity index (χ3n) is 2.15. The van der Waals surface area contributed by atoms with Crippen LogP contribution in [0.25, 0.3) is 0 Å². The summed E-state index contributed by atoms with van der Waals surface area (Å²) in [5.41, 5.74) is 5.89. The van der Waals surface area contributed by atoms with E-state index in [9.17, 15) is 17.6 Å². The van der Waals surface area contributed by atoms with Gasteiger partial charge in [-0.3, -0.25) is 0 Å². The molecule has 104 valence electrons. The fourth-order valence-corrected chi connectivity index (χ4v) is 1.28. The minimum absolute atomic E-state index is 0.0202. The fraction of sp³-hybridized carbons (Fsp3) is 0.385. The van der Waals surface area contributed by atoms with E-state index in [4.69, 9.17) is 10.5 Å². The number of rotatable bonds is 4. The van der Waals surface area contributed by atoms with Gasteiger partial charge in [-0.1, -0.05) is 17.9 Å². The van der Waals surface area contributed by atoms with Gasteiger partial charge in [0.05, 0.1) is 31.7 Å². The van der Waals surface area contributed by atoms with Gasteiger partial charge in [-0.2, -0.15) is 13.2 Å². The van der Waals surface area contributed by atoms with Crippen molar-refractivity contribution >= 4 is 0 Å². The molecule has 2 nitrogen and oxygen atoms in total. The van der Waals surface area contributed by atoms with Gasteiger partial charge in [-0.25, -0.2) is 4.39 Å². The van der Waals surface area contributed by atoms with Crippen LogP contribution in [0, 0.1) is 17.7 Å². The van der Waals surface area contributed by atoms with Gasteiger partial charge in [-0.05, 0) is 17.7 Å². The Bertz CT molecular complexity index is 474. The summed E-state index contributed by atoms with van der Waals surface area (Å²) in [5.74, 6) is 4.55. The maximum atomic E-state index is 13.3. The molecule has 0 aliphatic heterocycles. The van der Waals surface area contributed by atoms with Crippen molar-refractivity contribution in [2.75, 3.05) is 13.2 Å². The van der Waals surface area contributed by atoms with E-state index in [1.54, 1.807) is 0 Å². The van der Waals surface area contributed by atoms with Crippen LogP contribution in [0.3, 0.4) is 0 Å². The van der Waals surface area contributed by atoms with E-state index in [1.165, 1.54) is 18.2 Å². The molecule has 19 heavy (non-hydrogen) atoms. The molecule has 0 bridgehead atoms. The molecule has 1 rings (SSSR count). The summed E-state index contributed by atoms with van der Waals surface area (Å²) in [4.78, 5) is 0. The van der Waals surface area contributed by atoms with Crippen molar-refractivity contribution in [3.63, 3.8) is 0 Å². The summed E-state index contributed by atoms with van der Waals surface area (Å²) in [6, 6.07) is 4.07. The van der Waals surface area contributed by atoms with Crippen LogP contribution in [-0.4, -0.2) is 19.3 Å². The number of ether oxygens (including phenoxy) is 1. The molecule has 0 aliphatic rings. The Labute approximate surface area is 108 Å². The number of alkyl halides is 3. The Kier molecular flexibility index (Phi) is 5.80. The minimum Gasteiger partial charge on any atom is -0.376 e. The zero-order valence-electron chi connectivity index (χ0n) is 10.1. The van der Waals surface area contributed by atoms with Crippen LogP contribution >= 0.6 is 0 Å². The highest BCUT2D eigenvalue weighted by atomic mass is 19.4. The third kappa shape index (κ3) is 6.22. The minimum atomic E-state index is -4.24. The van der Waals surface area contributed by atoms with E-state index in [0.717, 1.165) is 0 Å². The molecule has 6 heteroatoms. The normalized spacial score (nSPS) is 11.0. The number of halogens is 4. The molecular formula is C13H13F4NO. The average Bonchev–Trinajstić information content (AvgIpc) is 2.33. The SMILES string of the molecule is NCC#Cc1cc(COCCC(F)(F)F)ccc1F. The molecule has 0 unspecified atom stereocenters. The van der Waals surface area contributed by atoms with Crippen molar-refractivity contribution in [3.05, 3.63) is 35.1 Å². The van der Waals surface area contributed by atoms with E-state index >= 15 is 0 Å². The van der Waals surface area contributed by atoms with Gasteiger partial charge in [0.1, 0.15) is 5.82 Å². The molecule has 0 saturated heterocycles. The standard InChI is InChI=1S/C13H13F4NO/c14-12-4-3-10(8-11(12)2-1-6-18)9-19-7-5-13(15,16)17/h3-4,8H,5-7,9,18H2. The lowest BCUT2D eigenvalue weighted by atomic mass is 10.1. The van der Waals surface area contributed by atoms with Crippen molar-refractivity contribution in [1.29, 1.82) is 0 Å². The summed E-state index contributed by atoms with van der Waals surface area (Å²) < 4.78 is 53.8. The van der Waals surface area contributed by atoms with Crippen LogP contribution < -0.4 is 5.73 Å². The number of hydrogen-bond donors (Lipinski definition) is 1. The van der Waals surface area contributed by atoms with Crippen molar-refractivity contribution in [1.82, 2.24) is 0 Å². The summed E-state index contributed by atoms with van der Waals surface area (Å²) >= 11 is 0. The smallest absolute Gasteiger partial charge is 0.376 e. The van der Waals surface area contributed by atoms with Crippen LogP contribution in [0.5, 0.6) is 0 Å². The third-order valence-corrected chi connectivity index (χ3v) is 2.15. The van der Waals surface area contributed by atoms with Gasteiger partial charge in [0.15, 0.2) is 0 Å². The molecule has 1 aromatic carbocycles. The van der Waals surface area contributed by atoms with E-state index in [-0.39, 0.29) is 18.7 Å². The Morgan fingerprint density at radius 3 is 2.63 bits per heavy atom. The highest BCUT2D eigenvalue weighted by Gasteiger charge is 2.26. The lowest BCUT2D eigenvalue weighted by Crippen LogP contribution is -2.11. The Morgan fingerprint density at radius 2 is 2.00 bits per heavy atom. The van der Waals surface area contributed by atoms with E-state index in [0.29, 0.717) is 5.56 Å². The zero-order valence-corrected chi connectivity index (χ0v) is 10.1. The van der Waals surface area contributed by atoms with E-state index in [1.807, 2.05) is 0 Å². The number of hydrogen-bond acceptors (Lipinski definition) is 2. The van der Waals surface area contributed by atoms with Crippen molar-refractivity contribution in [2.45, 2.75) is 19.2 Å². The second kappa shape index (κ2) is 7.12. The fourth-order valence-electron chi connectivity index (χ4n) is 1.28. The van der Waals surface area contributed by atoms with Gasteiger partial charge in [0.25, 0.3) is 0 Å². The summed E-state index contributed by atoms with van der Waals surface area (Å²) in [7, 11) is 0. The van der Waals surface area contributed by atoms with Gasteiger partial charge < -0.3 is 10.5 Å². The average molecular weight is 275 g/mol. The monoisotopic (exact) mass is 275 g/mol. The first-order chi connectivity index (χ1) is 8.92. The quantitative estimate of drug-likeness (QED) is 0.521. The topological polar surface area (TPSA) is 35.2 Å². The molecule has 2 N–H and O–H groups in total. The first kappa shape index (κ1) is 15.5. The predicted octanol–water partition coefficient (Wildman–Crippen LogP) is 2.60. The van der Waals surface area contributed by atoms with Crippen molar-refractivity contribution in [2.24, 2.45) is 5.73 Å². The molecule has 0 spiro atoms. The van der Waals surface area contributed by atoms with Gasteiger partial charge >= 0.3 is 6.18 Å². The lowest BCUT2D eigenvalue weighted by Gasteiger charge is -2.07. The van der Waals surface area contributed by atoms with Crippen LogP contribution in [0.1, 0.15) is 17.5 Å². The van der Waals surface area contributed by atoms with Gasteiger partial charge in [0, 0.05) is 0 Å². The molecule has 1 aromatic rings. The van der Waals surface area contributed by atoms with E-state index < -0.39 is 25.0 Å². The van der Waals surface area contributed by atoms with Crippen molar-refractivity contribution < 1.29 is 22.3 Å². The number of benzene rings is 1. The Morgan fingerprint density at radius 1 is 1.26 bits per heavy atom. The molecular weight excluding hydrogens is 262 g/mol. The van der Waals surface area contributed by atoms with Crippen LogP contribution in [-0.2, 0) is 11.3 Å². The molecule has 0 saturated carbocycles. The summed E-state index contributed by atoms with van der Waals surface area (Å²) in [6.07, 6.45) is -5.24. The summed E-state index contributed by atoms with van der Waals surface area (Å²) in [6.45, 7) is -0.343. The molecule has 0 fully saturated rings. The van der Waals surface area contributed by atoms with Crippen molar-refractivity contribution in [3.8, 4) is 11.8 Å². The second-order valence-electron chi connectivity index (χ2n) is 3.74. The molecule has 0 radical (unpaired) electrons. The zero-order chi connectivity index (χ0) is 14.3. The Balaban J connectivity index is 2.55. The molecule has 0 heterocycles. The van der Waals surface area contributed by atoms with Gasteiger partial charge in [-0.15, -0.1) is 0 Å². The number of nitrogens with two attached hydrogens (primary N) is 1. The molecule has 0 aliphatic carbocycles. The maximum Gasteiger partial charge on any atom is 0.391 e. The summed E-state index contributed by atoms with van der Waals surface area (Å²) in [5, 5.41) is 0. The molecule has 0 atom stereocenters. The lowest BCUT2D eigenvalue weighted by molar-refractivity contribution is -0.146. The van der Waals surface area contributed by atoms with Crippen LogP contribution in [0.15, 0.2) is 18.2 Å². The largest absolute Gasteiger partial charge is 0.391 e. The van der Waals surface area contributed by atoms with Gasteiger partial charge in [0.2, 0.25) is 0 Å². The van der Waals surface area contributed by atoms with Crippen LogP contribution in [0.2, 0.25) is 0 Å². The second-order valence-corrected chi connectivity index (χ2v) is 3.74.